The summed E-state index contributed by atoms with van der Waals surface area (Å²) < 4.78 is 10.9. The lowest BCUT2D eigenvalue weighted by molar-refractivity contribution is 0.0453. The van der Waals surface area contributed by atoms with Crippen LogP contribution in [0.25, 0.3) is 0 Å². The predicted molar refractivity (Wildman–Crippen MR) is 129 cm³/mol. The van der Waals surface area contributed by atoms with E-state index in [9.17, 15) is 0 Å². The molecule has 1 aromatic heterocycles. The minimum absolute atomic E-state index is 0. The van der Waals surface area contributed by atoms with Crippen molar-refractivity contribution in [2.45, 2.75) is 40.5 Å². The molecule has 156 valence electrons. The highest BCUT2D eigenvalue weighted by Gasteiger charge is 2.03. The van der Waals surface area contributed by atoms with Crippen LogP contribution in [-0.2, 0) is 29.2 Å². The average Bonchev–Trinajstić information content (AvgIpc) is 3.09. The third-order valence-corrected chi connectivity index (χ3v) is 5.01. The fourth-order valence-electron chi connectivity index (χ4n) is 2.53. The number of hydrogen-bond acceptors (Lipinski definition) is 4. The zero-order valence-corrected chi connectivity index (χ0v) is 20.1. The number of aryl methyl sites for hydroxylation is 1. The molecule has 0 amide bonds. The molecular weight excluding hydrogens is 485 g/mol. The van der Waals surface area contributed by atoms with Crippen molar-refractivity contribution in [3.63, 3.8) is 0 Å². The molecule has 28 heavy (non-hydrogen) atoms. The summed E-state index contributed by atoms with van der Waals surface area (Å²) >= 11 is 1.77. The van der Waals surface area contributed by atoms with E-state index in [-0.39, 0.29) is 24.0 Å². The Morgan fingerprint density at radius 3 is 2.57 bits per heavy atom. The Balaban J connectivity index is 0.00000392. The normalized spacial score (nSPS) is 11.2. The number of aliphatic imine (C=N–C) groups is 1. The molecule has 0 spiro atoms. The van der Waals surface area contributed by atoms with Crippen LogP contribution in [0.4, 0.5) is 0 Å². The molecule has 2 aromatic rings. The van der Waals surface area contributed by atoms with Gasteiger partial charge in [-0.05, 0) is 48.9 Å². The quantitative estimate of drug-likeness (QED) is 0.200. The summed E-state index contributed by atoms with van der Waals surface area (Å²) in [5, 5.41) is 8.84. The summed E-state index contributed by atoms with van der Waals surface area (Å²) in [6.45, 7) is 11.0. The third-order valence-electron chi connectivity index (χ3n) is 3.98. The predicted octanol–water partition coefficient (Wildman–Crippen LogP) is 4.48. The van der Waals surface area contributed by atoms with Crippen molar-refractivity contribution in [2.24, 2.45) is 4.99 Å². The van der Waals surface area contributed by atoms with Crippen LogP contribution < -0.4 is 10.6 Å². The van der Waals surface area contributed by atoms with Crippen LogP contribution in [0.1, 0.15) is 35.4 Å². The molecule has 0 saturated carbocycles. The van der Waals surface area contributed by atoms with Gasteiger partial charge < -0.3 is 20.1 Å². The van der Waals surface area contributed by atoms with Crippen LogP contribution in [0.3, 0.4) is 0 Å². The maximum Gasteiger partial charge on any atom is 0.191 e. The van der Waals surface area contributed by atoms with E-state index in [1.807, 2.05) is 6.92 Å². The summed E-state index contributed by atoms with van der Waals surface area (Å²) in [4.78, 5) is 6.05. The van der Waals surface area contributed by atoms with E-state index < -0.39 is 0 Å². The van der Waals surface area contributed by atoms with E-state index >= 15 is 0 Å². The monoisotopic (exact) mass is 517 g/mol. The fraction of sp³-hybridized carbons (Fsp3) is 0.476. The molecule has 0 aliphatic rings. The van der Waals surface area contributed by atoms with Gasteiger partial charge in [0.25, 0.3) is 0 Å². The second kappa shape index (κ2) is 14.8. The van der Waals surface area contributed by atoms with Crippen molar-refractivity contribution < 1.29 is 9.47 Å². The van der Waals surface area contributed by atoms with Gasteiger partial charge in [-0.25, -0.2) is 4.99 Å². The van der Waals surface area contributed by atoms with Gasteiger partial charge in [0.05, 0.1) is 32.9 Å². The highest BCUT2D eigenvalue weighted by Crippen LogP contribution is 2.14. The molecule has 0 bridgehead atoms. The number of halogens is 1. The highest BCUT2D eigenvalue weighted by atomic mass is 127. The molecule has 0 saturated heterocycles. The lowest BCUT2D eigenvalue weighted by Gasteiger charge is -2.11. The first-order valence-electron chi connectivity index (χ1n) is 9.51. The molecule has 0 fully saturated rings. The van der Waals surface area contributed by atoms with E-state index in [0.29, 0.717) is 26.4 Å². The maximum absolute atomic E-state index is 5.65. The van der Waals surface area contributed by atoms with Gasteiger partial charge in [-0.3, -0.25) is 0 Å². The lowest BCUT2D eigenvalue weighted by atomic mass is 10.1. The number of nitrogens with one attached hydrogen (secondary N) is 2. The zero-order valence-electron chi connectivity index (χ0n) is 17.0. The largest absolute Gasteiger partial charge is 0.379 e. The Kier molecular flexibility index (Phi) is 13.1. The fourth-order valence-corrected chi connectivity index (χ4v) is 3.38. The highest BCUT2D eigenvalue weighted by molar-refractivity contribution is 14.0. The first-order chi connectivity index (χ1) is 13.2. The minimum atomic E-state index is 0. The van der Waals surface area contributed by atoms with Gasteiger partial charge in [0, 0.05) is 18.0 Å². The minimum Gasteiger partial charge on any atom is -0.379 e. The summed E-state index contributed by atoms with van der Waals surface area (Å²) in [6.07, 6.45) is 0. The summed E-state index contributed by atoms with van der Waals surface area (Å²) in [6, 6.07) is 10.5. The standard InChI is InChI=1S/C21H31N3O2S.HI/c1-4-22-21(24-15-20-17(3)9-12-27-20)23-14-18-7-6-8-19(13-18)16-26-11-10-25-5-2;/h6-9,12-13H,4-5,10-11,14-16H2,1-3H3,(H2,22,23,24);1H. The zero-order chi connectivity index (χ0) is 19.3. The number of ether oxygens (including phenoxy) is 2. The van der Waals surface area contributed by atoms with Crippen molar-refractivity contribution in [1.29, 1.82) is 0 Å². The van der Waals surface area contributed by atoms with E-state index in [2.05, 4.69) is 60.2 Å². The van der Waals surface area contributed by atoms with Crippen molar-refractivity contribution in [2.75, 3.05) is 26.4 Å². The van der Waals surface area contributed by atoms with Gasteiger partial charge in [0.2, 0.25) is 0 Å². The number of guanidine groups is 1. The summed E-state index contributed by atoms with van der Waals surface area (Å²) in [7, 11) is 0. The van der Waals surface area contributed by atoms with E-state index in [1.54, 1.807) is 11.3 Å². The van der Waals surface area contributed by atoms with Crippen LogP contribution in [-0.4, -0.2) is 32.3 Å². The van der Waals surface area contributed by atoms with Gasteiger partial charge >= 0.3 is 0 Å². The number of thiophene rings is 1. The molecule has 1 heterocycles. The van der Waals surface area contributed by atoms with Crippen molar-refractivity contribution in [3.8, 4) is 0 Å². The molecule has 2 N–H and O–H groups in total. The van der Waals surface area contributed by atoms with Crippen LogP contribution >= 0.6 is 35.3 Å². The van der Waals surface area contributed by atoms with Gasteiger partial charge in [0.1, 0.15) is 0 Å². The first-order valence-corrected chi connectivity index (χ1v) is 10.4. The summed E-state index contributed by atoms with van der Waals surface area (Å²) in [5.41, 5.74) is 3.65. The Hall–Kier alpha value is -1.16. The maximum atomic E-state index is 5.65. The van der Waals surface area contributed by atoms with Gasteiger partial charge in [-0.15, -0.1) is 35.3 Å². The topological polar surface area (TPSA) is 54.9 Å². The van der Waals surface area contributed by atoms with Crippen LogP contribution in [0, 0.1) is 6.92 Å². The Bertz CT molecular complexity index is 706. The molecule has 1 aromatic carbocycles. The first kappa shape index (κ1) is 24.9. The van der Waals surface area contributed by atoms with Crippen LogP contribution in [0.15, 0.2) is 40.7 Å². The second-order valence-electron chi connectivity index (χ2n) is 6.14. The molecule has 0 unspecified atom stereocenters. The number of nitrogens with zero attached hydrogens (tertiary/aromatic N) is 1. The number of hydrogen-bond donors (Lipinski definition) is 2. The molecule has 7 heteroatoms. The molecular formula is C21H32IN3O2S. The second-order valence-corrected chi connectivity index (χ2v) is 7.15. The van der Waals surface area contributed by atoms with Gasteiger partial charge in [0.15, 0.2) is 5.96 Å². The van der Waals surface area contributed by atoms with E-state index in [1.165, 1.54) is 16.0 Å². The number of rotatable bonds is 11. The molecule has 5 nitrogen and oxygen atoms in total. The Morgan fingerprint density at radius 2 is 1.86 bits per heavy atom. The smallest absolute Gasteiger partial charge is 0.191 e. The molecule has 0 aliphatic carbocycles. The van der Waals surface area contributed by atoms with E-state index in [4.69, 9.17) is 14.5 Å². The lowest BCUT2D eigenvalue weighted by Crippen LogP contribution is -2.36. The molecule has 0 atom stereocenters. The van der Waals surface area contributed by atoms with Crippen molar-refractivity contribution >= 4 is 41.3 Å². The van der Waals surface area contributed by atoms with Crippen molar-refractivity contribution in [1.82, 2.24) is 10.6 Å². The molecule has 2 rings (SSSR count). The van der Waals surface area contributed by atoms with Crippen LogP contribution in [0.5, 0.6) is 0 Å². The molecule has 0 radical (unpaired) electrons. The number of benzene rings is 1. The SMILES string of the molecule is CCNC(=NCc1cccc(COCCOCC)c1)NCc1sccc1C.I. The Morgan fingerprint density at radius 1 is 1.07 bits per heavy atom. The van der Waals surface area contributed by atoms with E-state index in [0.717, 1.165) is 31.2 Å². The Labute approximate surface area is 190 Å². The van der Waals surface area contributed by atoms with Crippen LogP contribution in [0.2, 0.25) is 0 Å². The van der Waals surface area contributed by atoms with Gasteiger partial charge in [-0.1, -0.05) is 24.3 Å². The van der Waals surface area contributed by atoms with Crippen molar-refractivity contribution in [3.05, 3.63) is 57.3 Å². The van der Waals surface area contributed by atoms with Gasteiger partial charge in [-0.2, -0.15) is 0 Å². The molecule has 0 aliphatic heterocycles. The third kappa shape index (κ3) is 9.36. The average molecular weight is 517 g/mol. The summed E-state index contributed by atoms with van der Waals surface area (Å²) in [5.74, 6) is 0.837.